The van der Waals surface area contributed by atoms with Crippen LogP contribution in [0.3, 0.4) is 0 Å². The van der Waals surface area contributed by atoms with Crippen molar-refractivity contribution in [3.63, 3.8) is 0 Å². The summed E-state index contributed by atoms with van der Waals surface area (Å²) in [5.41, 5.74) is 1.60. The van der Waals surface area contributed by atoms with Gasteiger partial charge in [-0.3, -0.25) is 48.2 Å². The fourth-order valence-electron chi connectivity index (χ4n) is 10.0. The summed E-state index contributed by atoms with van der Waals surface area (Å²) in [6.45, 7) is 8.16. The summed E-state index contributed by atoms with van der Waals surface area (Å²) in [6, 6.07) is 5.32. The fourth-order valence-corrected chi connectivity index (χ4v) is 10.0. The number of nitrogens with zero attached hydrogens (tertiary/aromatic N) is 4. The van der Waals surface area contributed by atoms with Gasteiger partial charge in [-0.25, -0.2) is 0 Å². The molecule has 0 saturated carbocycles. The van der Waals surface area contributed by atoms with E-state index in [4.69, 9.17) is 0 Å². The number of carbonyl (C=O) groups is 8. The molecule has 0 bridgehead atoms. The summed E-state index contributed by atoms with van der Waals surface area (Å²) in [4.78, 5) is 117. The van der Waals surface area contributed by atoms with Gasteiger partial charge in [-0.05, 0) is 76.1 Å². The van der Waals surface area contributed by atoms with E-state index in [0.717, 1.165) is 57.8 Å². The van der Waals surface area contributed by atoms with E-state index >= 15 is 0 Å². The van der Waals surface area contributed by atoms with Gasteiger partial charge in [-0.2, -0.15) is 10.0 Å². The molecule has 0 fully saturated rings. The predicted molar refractivity (Wildman–Crippen MR) is 214 cm³/mol. The van der Waals surface area contributed by atoms with E-state index in [2.05, 4.69) is 20.8 Å². The lowest BCUT2D eigenvalue weighted by Gasteiger charge is -2.40. The smallest absolute Gasteiger partial charge is 0.272 e. The van der Waals surface area contributed by atoms with E-state index in [1.807, 2.05) is 6.92 Å². The number of hydrogen-bond acceptors (Lipinski definition) is 8. The maximum absolute atomic E-state index is 14.5. The lowest BCUT2D eigenvalue weighted by molar-refractivity contribution is -0.146. The maximum Gasteiger partial charge on any atom is 0.281 e. The molecule has 0 saturated heterocycles. The third kappa shape index (κ3) is 5.84. The lowest BCUT2D eigenvalue weighted by atomic mass is 9.82. The van der Waals surface area contributed by atoms with Crippen LogP contribution in [0.4, 0.5) is 0 Å². The minimum absolute atomic E-state index is 0.0143. The molecule has 58 heavy (non-hydrogen) atoms. The lowest BCUT2D eigenvalue weighted by Crippen LogP contribution is -2.65. The highest BCUT2D eigenvalue weighted by molar-refractivity contribution is 6.34. The second-order valence-corrected chi connectivity index (χ2v) is 16.5. The summed E-state index contributed by atoms with van der Waals surface area (Å²) in [7, 11) is 0. The van der Waals surface area contributed by atoms with Gasteiger partial charge in [0, 0.05) is 66.4 Å². The minimum Gasteiger partial charge on any atom is -0.272 e. The normalized spacial score (nSPS) is 19.0. The summed E-state index contributed by atoms with van der Waals surface area (Å²) in [5.74, 6) is -5.31. The molecule has 2 aromatic carbocycles. The van der Waals surface area contributed by atoms with E-state index in [9.17, 15) is 38.4 Å². The second-order valence-electron chi connectivity index (χ2n) is 16.5. The molecule has 12 nitrogen and oxygen atoms in total. The zero-order valence-electron chi connectivity index (χ0n) is 33.8. The van der Waals surface area contributed by atoms with Crippen LogP contribution >= 0.6 is 0 Å². The predicted octanol–water partition coefficient (Wildman–Crippen LogP) is 3.92. The molecule has 2 aromatic rings. The molecule has 2 aliphatic carbocycles. The third-order valence-electron chi connectivity index (χ3n) is 13.0. The number of unbranched alkanes of at least 4 members (excludes halogenated alkanes) is 6. The van der Waals surface area contributed by atoms with Crippen molar-refractivity contribution in [3.05, 3.63) is 67.4 Å². The number of imide groups is 4. The molecule has 4 heterocycles. The highest BCUT2D eigenvalue weighted by Gasteiger charge is 2.49. The zero-order valence-corrected chi connectivity index (χ0v) is 33.8. The molecule has 0 N–H and O–H groups in total. The summed E-state index contributed by atoms with van der Waals surface area (Å²) >= 11 is 0. The molecule has 4 aliphatic heterocycles. The van der Waals surface area contributed by atoms with Gasteiger partial charge in [0.25, 0.3) is 47.3 Å². The highest BCUT2D eigenvalue weighted by atomic mass is 16.2. The van der Waals surface area contributed by atoms with E-state index in [1.54, 1.807) is 0 Å². The standard InChI is InChI=1S/C46H50N4O8/c1-5-8-11-14-25(4)47-39(51)27-17-21-31-37-32(22-18-28(35(27)37)40(47)52)44(56)49(43(31)55)50-45(57)33-23-19-29-36-30(20-24-34(38(33)36)46(50)58)42(54)48(41(29)53)26(15-12-9-6-2)16-13-10-7-3/h17,19,21,23,25-26H,5-16,18,20,22,24H2,1-4H3. The van der Waals surface area contributed by atoms with Crippen LogP contribution in [-0.4, -0.2) is 79.2 Å². The molecule has 1 unspecified atom stereocenters. The average molecular weight is 787 g/mol. The Bertz CT molecular complexity index is 2510. The fraction of sp³-hybridized carbons (Fsp3) is 0.478. The first kappa shape index (κ1) is 39.3. The minimum atomic E-state index is -0.923. The van der Waals surface area contributed by atoms with Gasteiger partial charge in [-0.1, -0.05) is 78.6 Å². The van der Waals surface area contributed by atoms with Crippen molar-refractivity contribution in [1.82, 2.24) is 19.8 Å². The van der Waals surface area contributed by atoms with Gasteiger partial charge in [0.15, 0.2) is 0 Å². The quantitative estimate of drug-likeness (QED) is 0.195. The van der Waals surface area contributed by atoms with Crippen molar-refractivity contribution in [2.75, 3.05) is 0 Å². The summed E-state index contributed by atoms with van der Waals surface area (Å²) in [6.07, 6.45) is 11.1. The van der Waals surface area contributed by atoms with Crippen LogP contribution in [0.2, 0.25) is 0 Å². The number of benzene rings is 2. The monoisotopic (exact) mass is 786 g/mol. The number of amides is 8. The maximum atomic E-state index is 14.5. The average Bonchev–Trinajstić information content (AvgIpc) is 3.21. The number of hydrazine groups is 1. The Balaban J connectivity index is 1.18. The van der Waals surface area contributed by atoms with E-state index < -0.39 is 41.4 Å². The Morgan fingerprint density at radius 3 is 1.14 bits per heavy atom. The van der Waals surface area contributed by atoms with E-state index in [1.165, 1.54) is 34.1 Å². The summed E-state index contributed by atoms with van der Waals surface area (Å²) < 4.78 is 0. The Kier molecular flexibility index (Phi) is 10.4. The number of carbonyl (C=O) groups excluding carboxylic acids is 8. The molecule has 0 radical (unpaired) electrons. The van der Waals surface area contributed by atoms with Crippen molar-refractivity contribution in [2.45, 2.75) is 143 Å². The summed E-state index contributed by atoms with van der Waals surface area (Å²) in [5, 5.41) is 2.21. The van der Waals surface area contributed by atoms with Crippen molar-refractivity contribution >= 4 is 69.5 Å². The highest BCUT2D eigenvalue weighted by Crippen LogP contribution is 2.33. The van der Waals surface area contributed by atoms with Crippen molar-refractivity contribution in [3.8, 4) is 0 Å². The molecule has 12 heteroatoms. The first-order chi connectivity index (χ1) is 28.0. The SMILES string of the molecule is CCCCCC(C)N1C(=O)C2=c3c(ccc4c3=C(CC2)C(=O)N(N2C(=O)C3=c5c(ccc6c5=C(CC3)C(=O)N(C(CCCCC)CCCCC)C6=O)C2=O)C4=O)C1=O. The third-order valence-corrected chi connectivity index (χ3v) is 13.0. The van der Waals surface area contributed by atoms with Gasteiger partial charge in [-0.15, -0.1) is 0 Å². The van der Waals surface area contributed by atoms with Crippen LogP contribution in [-0.2, 0) is 19.2 Å². The van der Waals surface area contributed by atoms with Gasteiger partial charge in [0.1, 0.15) is 0 Å². The van der Waals surface area contributed by atoms with Gasteiger partial charge in [0.05, 0.1) is 11.1 Å². The Labute approximate surface area is 336 Å². The second kappa shape index (κ2) is 15.3. The first-order valence-electron chi connectivity index (χ1n) is 21.3. The van der Waals surface area contributed by atoms with Crippen LogP contribution in [0, 0.1) is 0 Å². The van der Waals surface area contributed by atoms with Crippen LogP contribution in [0.5, 0.6) is 0 Å². The molecular weight excluding hydrogens is 737 g/mol. The Hall–Kier alpha value is -5.52. The van der Waals surface area contributed by atoms with Crippen molar-refractivity contribution in [1.29, 1.82) is 0 Å². The Morgan fingerprint density at radius 2 is 0.741 bits per heavy atom. The zero-order chi connectivity index (χ0) is 41.2. The molecule has 6 aliphatic rings. The largest absolute Gasteiger partial charge is 0.281 e. The van der Waals surface area contributed by atoms with Crippen LogP contribution in [0.15, 0.2) is 24.3 Å². The topological polar surface area (TPSA) is 150 Å². The van der Waals surface area contributed by atoms with Crippen molar-refractivity contribution in [2.24, 2.45) is 0 Å². The molecule has 8 amide bonds. The molecule has 1 atom stereocenters. The van der Waals surface area contributed by atoms with Gasteiger partial charge in [0.2, 0.25) is 0 Å². The van der Waals surface area contributed by atoms with E-state index in [0.29, 0.717) is 45.6 Å². The van der Waals surface area contributed by atoms with E-state index in [-0.39, 0.29) is 92.7 Å². The molecule has 302 valence electrons. The first-order valence-corrected chi connectivity index (χ1v) is 21.3. The van der Waals surface area contributed by atoms with Crippen LogP contribution in [0.1, 0.15) is 172 Å². The van der Waals surface area contributed by atoms with Crippen LogP contribution in [0.25, 0.3) is 22.3 Å². The molecular formula is C46H50N4O8. The molecule has 0 spiro atoms. The Morgan fingerprint density at radius 1 is 0.414 bits per heavy atom. The molecule has 8 rings (SSSR count). The van der Waals surface area contributed by atoms with Gasteiger partial charge < -0.3 is 0 Å². The molecule has 0 aromatic heterocycles. The number of rotatable bonds is 15. The van der Waals surface area contributed by atoms with Gasteiger partial charge >= 0.3 is 0 Å². The number of hydrogen-bond donors (Lipinski definition) is 0. The van der Waals surface area contributed by atoms with Crippen LogP contribution < -0.4 is 20.9 Å². The van der Waals surface area contributed by atoms with Crippen molar-refractivity contribution < 1.29 is 38.4 Å².